The minimum absolute atomic E-state index is 0.130. The van der Waals surface area contributed by atoms with E-state index in [1.165, 1.54) is 13.2 Å². The molecule has 0 atom stereocenters. The van der Waals surface area contributed by atoms with Crippen LogP contribution < -0.4 is 25.1 Å². The van der Waals surface area contributed by atoms with E-state index in [1.807, 2.05) is 12.1 Å². The predicted octanol–water partition coefficient (Wildman–Crippen LogP) is 2.14. The van der Waals surface area contributed by atoms with Crippen molar-refractivity contribution in [2.45, 2.75) is 32.4 Å². The lowest BCUT2D eigenvalue weighted by atomic mass is 10.0. The third-order valence-electron chi connectivity index (χ3n) is 4.81. The summed E-state index contributed by atoms with van der Waals surface area (Å²) in [5.41, 5.74) is 1.87. The molecule has 0 unspecified atom stereocenters. The summed E-state index contributed by atoms with van der Waals surface area (Å²) in [4.78, 5) is 25.2. The van der Waals surface area contributed by atoms with Gasteiger partial charge in [-0.25, -0.2) is 0 Å². The van der Waals surface area contributed by atoms with Gasteiger partial charge >= 0.3 is 0 Å². The number of carbonyl (C=O) groups excluding carboxylic acids is 1. The zero-order valence-electron chi connectivity index (χ0n) is 15.8. The molecule has 0 aliphatic carbocycles. The molecule has 2 aromatic rings. The number of methoxy groups -OCH3 is 3. The van der Waals surface area contributed by atoms with Crippen molar-refractivity contribution in [3.05, 3.63) is 51.4 Å². The molecule has 1 aliphatic rings. The molecule has 0 spiro atoms. The zero-order chi connectivity index (χ0) is 19.4. The summed E-state index contributed by atoms with van der Waals surface area (Å²) in [5, 5.41) is 2.92. The number of hydrogen-bond donors (Lipinski definition) is 1. The molecular formula is C20H24N2O5. The number of amides is 1. The normalized spacial score (nSPS) is 12.9. The molecule has 0 radical (unpaired) electrons. The van der Waals surface area contributed by atoms with Crippen LogP contribution in [-0.2, 0) is 19.5 Å². The lowest BCUT2D eigenvalue weighted by Gasteiger charge is -2.22. The Balaban J connectivity index is 1.88. The maximum absolute atomic E-state index is 12.9. The number of pyridine rings is 1. The molecule has 0 saturated heterocycles. The topological polar surface area (TPSA) is 78.8 Å². The fourth-order valence-electron chi connectivity index (χ4n) is 3.41. The molecule has 7 nitrogen and oxygen atoms in total. The van der Waals surface area contributed by atoms with E-state index in [-0.39, 0.29) is 18.0 Å². The van der Waals surface area contributed by atoms with Gasteiger partial charge in [0.1, 0.15) is 22.8 Å². The number of rotatable bonds is 6. The first-order valence-electron chi connectivity index (χ1n) is 8.88. The van der Waals surface area contributed by atoms with E-state index in [9.17, 15) is 9.59 Å². The van der Waals surface area contributed by atoms with Gasteiger partial charge in [-0.05, 0) is 31.4 Å². The number of aromatic nitrogens is 1. The zero-order valence-corrected chi connectivity index (χ0v) is 15.8. The average molecular weight is 372 g/mol. The van der Waals surface area contributed by atoms with E-state index >= 15 is 0 Å². The maximum atomic E-state index is 12.9. The molecular weight excluding hydrogens is 348 g/mol. The van der Waals surface area contributed by atoms with Crippen LogP contribution in [0, 0.1) is 0 Å². The molecule has 27 heavy (non-hydrogen) atoms. The minimum atomic E-state index is -0.268. The van der Waals surface area contributed by atoms with Gasteiger partial charge < -0.3 is 24.1 Å². The summed E-state index contributed by atoms with van der Waals surface area (Å²) in [6.45, 7) is 0.915. The molecule has 144 valence electrons. The van der Waals surface area contributed by atoms with E-state index in [1.54, 1.807) is 24.9 Å². The first kappa shape index (κ1) is 18.8. The van der Waals surface area contributed by atoms with Gasteiger partial charge in [0.15, 0.2) is 0 Å². The SMILES string of the molecule is COc1ccc(CNC(=O)c2c(OC)cc(=O)n3c2CCCC3)c(OC)c1. The lowest BCUT2D eigenvalue weighted by molar-refractivity contribution is 0.0945. The van der Waals surface area contributed by atoms with Crippen molar-refractivity contribution >= 4 is 5.91 Å². The number of nitrogens with zero attached hydrogens (tertiary/aromatic N) is 1. The van der Waals surface area contributed by atoms with Crippen LogP contribution in [-0.4, -0.2) is 31.8 Å². The van der Waals surface area contributed by atoms with Crippen molar-refractivity contribution in [2.75, 3.05) is 21.3 Å². The van der Waals surface area contributed by atoms with Crippen molar-refractivity contribution < 1.29 is 19.0 Å². The van der Waals surface area contributed by atoms with Crippen LogP contribution in [0.3, 0.4) is 0 Å². The minimum Gasteiger partial charge on any atom is -0.497 e. The van der Waals surface area contributed by atoms with Crippen LogP contribution in [0.25, 0.3) is 0 Å². The van der Waals surface area contributed by atoms with Gasteiger partial charge in [-0.3, -0.25) is 9.59 Å². The van der Waals surface area contributed by atoms with Gasteiger partial charge in [0, 0.05) is 36.5 Å². The Morgan fingerprint density at radius 1 is 1.07 bits per heavy atom. The number of nitrogens with one attached hydrogen (secondary N) is 1. The fourth-order valence-corrected chi connectivity index (χ4v) is 3.41. The highest BCUT2D eigenvalue weighted by molar-refractivity contribution is 5.98. The summed E-state index contributed by atoms with van der Waals surface area (Å²) in [5.74, 6) is 1.36. The van der Waals surface area contributed by atoms with Gasteiger partial charge in [-0.15, -0.1) is 0 Å². The Kier molecular flexibility index (Phi) is 5.69. The Hall–Kier alpha value is -2.96. The molecule has 3 rings (SSSR count). The smallest absolute Gasteiger partial charge is 0.257 e. The second-order valence-electron chi connectivity index (χ2n) is 6.34. The van der Waals surface area contributed by atoms with Crippen molar-refractivity contribution in [1.82, 2.24) is 9.88 Å². The summed E-state index contributed by atoms with van der Waals surface area (Å²) >= 11 is 0. The Bertz CT molecular complexity index is 904. The summed E-state index contributed by atoms with van der Waals surface area (Å²) in [7, 11) is 4.63. The van der Waals surface area contributed by atoms with E-state index in [2.05, 4.69) is 5.32 Å². The number of fused-ring (bicyclic) bond motifs is 1. The third kappa shape index (κ3) is 3.77. The Labute approximate surface area is 157 Å². The highest BCUT2D eigenvalue weighted by Crippen LogP contribution is 2.27. The van der Waals surface area contributed by atoms with Crippen LogP contribution in [0.2, 0.25) is 0 Å². The number of ether oxygens (including phenoxy) is 3. The second kappa shape index (κ2) is 8.16. The Morgan fingerprint density at radius 3 is 2.56 bits per heavy atom. The Morgan fingerprint density at radius 2 is 1.85 bits per heavy atom. The monoisotopic (exact) mass is 372 g/mol. The van der Waals surface area contributed by atoms with E-state index in [0.717, 1.165) is 24.1 Å². The molecule has 1 aromatic heterocycles. The van der Waals surface area contributed by atoms with Crippen LogP contribution in [0.5, 0.6) is 17.2 Å². The molecule has 2 heterocycles. The van der Waals surface area contributed by atoms with E-state index in [4.69, 9.17) is 14.2 Å². The number of hydrogen-bond acceptors (Lipinski definition) is 5. The first-order chi connectivity index (χ1) is 13.1. The van der Waals surface area contributed by atoms with Crippen LogP contribution in [0.4, 0.5) is 0 Å². The van der Waals surface area contributed by atoms with Crippen molar-refractivity contribution in [1.29, 1.82) is 0 Å². The first-order valence-corrected chi connectivity index (χ1v) is 8.88. The van der Waals surface area contributed by atoms with Gasteiger partial charge in [0.05, 0.1) is 21.3 Å². The fraction of sp³-hybridized carbons (Fsp3) is 0.400. The molecule has 0 saturated carbocycles. The number of carbonyl (C=O) groups is 1. The van der Waals surface area contributed by atoms with Crippen LogP contribution in [0.1, 0.15) is 34.5 Å². The van der Waals surface area contributed by atoms with E-state index in [0.29, 0.717) is 35.8 Å². The second-order valence-corrected chi connectivity index (χ2v) is 6.34. The largest absolute Gasteiger partial charge is 0.497 e. The van der Waals surface area contributed by atoms with E-state index < -0.39 is 0 Å². The van der Waals surface area contributed by atoms with Crippen LogP contribution >= 0.6 is 0 Å². The molecule has 0 fully saturated rings. The molecule has 7 heteroatoms. The van der Waals surface area contributed by atoms with Crippen molar-refractivity contribution in [3.8, 4) is 17.2 Å². The van der Waals surface area contributed by atoms with Gasteiger partial charge in [-0.2, -0.15) is 0 Å². The average Bonchev–Trinajstić information content (AvgIpc) is 2.71. The molecule has 1 aromatic carbocycles. The highest BCUT2D eigenvalue weighted by atomic mass is 16.5. The standard InChI is InChI=1S/C20H24N2O5/c1-25-14-8-7-13(16(10-14)26-2)12-21-20(24)19-15-6-4-5-9-22(15)18(23)11-17(19)27-3/h7-8,10-11H,4-6,9,12H2,1-3H3,(H,21,24). The molecule has 1 aliphatic heterocycles. The van der Waals surface area contributed by atoms with Gasteiger partial charge in [-0.1, -0.05) is 0 Å². The summed E-state index contributed by atoms with van der Waals surface area (Å²) in [6, 6.07) is 6.82. The molecule has 0 bridgehead atoms. The van der Waals surface area contributed by atoms with Crippen molar-refractivity contribution in [2.24, 2.45) is 0 Å². The van der Waals surface area contributed by atoms with Crippen LogP contribution in [0.15, 0.2) is 29.1 Å². The number of benzene rings is 1. The molecule has 1 N–H and O–H groups in total. The highest BCUT2D eigenvalue weighted by Gasteiger charge is 2.24. The summed E-state index contributed by atoms with van der Waals surface area (Å²) in [6.07, 6.45) is 2.56. The maximum Gasteiger partial charge on any atom is 0.257 e. The van der Waals surface area contributed by atoms with Gasteiger partial charge in [0.2, 0.25) is 0 Å². The van der Waals surface area contributed by atoms with Crippen molar-refractivity contribution in [3.63, 3.8) is 0 Å². The summed E-state index contributed by atoms with van der Waals surface area (Å²) < 4.78 is 17.6. The molecule has 1 amide bonds. The lowest BCUT2D eigenvalue weighted by Crippen LogP contribution is -2.33. The third-order valence-corrected chi connectivity index (χ3v) is 4.81. The van der Waals surface area contributed by atoms with Gasteiger partial charge in [0.25, 0.3) is 11.5 Å². The predicted molar refractivity (Wildman–Crippen MR) is 101 cm³/mol. The quantitative estimate of drug-likeness (QED) is 0.841.